The number of nitrogens with zero attached hydrogens (tertiary/aromatic N) is 1. The van der Waals surface area contributed by atoms with Gasteiger partial charge >= 0.3 is 0 Å². The fourth-order valence-corrected chi connectivity index (χ4v) is 2.79. The van der Waals surface area contributed by atoms with Crippen LogP contribution in [0.25, 0.3) is 0 Å². The van der Waals surface area contributed by atoms with Gasteiger partial charge in [-0.25, -0.2) is 0 Å². The van der Waals surface area contributed by atoms with Gasteiger partial charge in [-0.3, -0.25) is 4.79 Å². The predicted molar refractivity (Wildman–Crippen MR) is 87.5 cm³/mol. The van der Waals surface area contributed by atoms with Crippen molar-refractivity contribution < 1.29 is 9.32 Å². The maximum atomic E-state index is 12.1. The number of nitrogens with one attached hydrogen (secondary N) is 1. The molecule has 0 unspecified atom stereocenters. The average molecular weight is 341 g/mol. The topological polar surface area (TPSA) is 55.1 Å². The number of benzene rings is 1. The van der Waals surface area contributed by atoms with Crippen LogP contribution in [0.2, 0.25) is 10.0 Å². The van der Waals surface area contributed by atoms with Crippen molar-refractivity contribution in [1.82, 2.24) is 10.5 Å². The van der Waals surface area contributed by atoms with Crippen LogP contribution in [0, 0.1) is 13.8 Å². The lowest BCUT2D eigenvalue weighted by Gasteiger charge is -2.15. The number of rotatable bonds is 5. The van der Waals surface area contributed by atoms with Gasteiger partial charge in [-0.05, 0) is 44.9 Å². The average Bonchev–Trinajstić information content (AvgIpc) is 2.73. The number of hydrogen-bond donors (Lipinski definition) is 1. The van der Waals surface area contributed by atoms with E-state index < -0.39 is 0 Å². The van der Waals surface area contributed by atoms with Crippen LogP contribution in [-0.4, -0.2) is 17.1 Å². The Labute approximate surface area is 139 Å². The van der Waals surface area contributed by atoms with Crippen molar-refractivity contribution in [2.75, 3.05) is 0 Å². The minimum absolute atomic E-state index is 0.0355. The highest BCUT2D eigenvalue weighted by atomic mass is 35.5. The Kier molecular flexibility index (Phi) is 5.48. The van der Waals surface area contributed by atoms with E-state index in [4.69, 9.17) is 27.7 Å². The third kappa shape index (κ3) is 4.24. The molecule has 0 aliphatic rings. The molecular formula is C16H18Cl2N2O2. The molecule has 0 saturated heterocycles. The van der Waals surface area contributed by atoms with Crippen LogP contribution in [0.3, 0.4) is 0 Å². The van der Waals surface area contributed by atoms with E-state index in [-0.39, 0.29) is 18.4 Å². The van der Waals surface area contributed by atoms with Crippen molar-refractivity contribution in [2.45, 2.75) is 39.7 Å². The zero-order chi connectivity index (χ0) is 16.3. The molecule has 1 aromatic carbocycles. The molecule has 0 aliphatic carbocycles. The molecule has 0 radical (unpaired) electrons. The second-order valence-corrected chi connectivity index (χ2v) is 6.23. The van der Waals surface area contributed by atoms with Crippen molar-refractivity contribution in [3.63, 3.8) is 0 Å². The van der Waals surface area contributed by atoms with Crippen LogP contribution in [0.15, 0.2) is 22.7 Å². The molecule has 22 heavy (non-hydrogen) atoms. The fraction of sp³-hybridized carbons (Fsp3) is 0.375. The van der Waals surface area contributed by atoms with Crippen molar-refractivity contribution >= 4 is 29.1 Å². The second-order valence-electron chi connectivity index (χ2n) is 5.39. The van der Waals surface area contributed by atoms with Crippen LogP contribution in [0.4, 0.5) is 0 Å². The Morgan fingerprint density at radius 2 is 2.09 bits per heavy atom. The molecule has 1 N–H and O–H groups in total. The molecule has 1 amide bonds. The van der Waals surface area contributed by atoms with Gasteiger partial charge in [0.1, 0.15) is 5.76 Å². The van der Waals surface area contributed by atoms with Gasteiger partial charge in [-0.1, -0.05) is 34.4 Å². The van der Waals surface area contributed by atoms with E-state index in [1.54, 1.807) is 19.1 Å². The monoisotopic (exact) mass is 340 g/mol. The number of amides is 1. The maximum Gasteiger partial charge on any atom is 0.224 e. The molecule has 0 aliphatic heterocycles. The Morgan fingerprint density at radius 1 is 1.36 bits per heavy atom. The second kappa shape index (κ2) is 7.16. The van der Waals surface area contributed by atoms with Crippen molar-refractivity contribution in [1.29, 1.82) is 0 Å². The van der Waals surface area contributed by atoms with E-state index >= 15 is 0 Å². The highest BCUT2D eigenvalue weighted by Gasteiger charge is 2.15. The minimum Gasteiger partial charge on any atom is -0.361 e. The lowest BCUT2D eigenvalue weighted by Crippen LogP contribution is -2.35. The standard InChI is InChI=1S/C16H18Cl2N2O2/c1-9(6-12-4-5-13(17)7-15(12)18)19-16(21)8-14-10(2)20-22-11(14)3/h4-5,7,9H,6,8H2,1-3H3,(H,19,21)/t9-/m1/s1. The smallest absolute Gasteiger partial charge is 0.224 e. The summed E-state index contributed by atoms with van der Waals surface area (Å²) >= 11 is 12.0. The summed E-state index contributed by atoms with van der Waals surface area (Å²) in [6.07, 6.45) is 0.906. The highest BCUT2D eigenvalue weighted by Crippen LogP contribution is 2.22. The van der Waals surface area contributed by atoms with Crippen molar-refractivity contribution in [2.24, 2.45) is 0 Å². The molecule has 1 heterocycles. The Balaban J connectivity index is 1.94. The number of aromatic nitrogens is 1. The van der Waals surface area contributed by atoms with Crippen LogP contribution in [0.1, 0.15) is 29.5 Å². The lowest BCUT2D eigenvalue weighted by molar-refractivity contribution is -0.121. The normalized spacial score (nSPS) is 12.2. The molecule has 1 aromatic heterocycles. The first-order valence-corrected chi connectivity index (χ1v) is 7.77. The maximum absolute atomic E-state index is 12.1. The minimum atomic E-state index is -0.0630. The summed E-state index contributed by atoms with van der Waals surface area (Å²) in [4.78, 5) is 12.1. The summed E-state index contributed by atoms with van der Waals surface area (Å²) in [6.45, 7) is 5.58. The Bertz CT molecular complexity index is 663. The zero-order valence-corrected chi connectivity index (χ0v) is 14.3. The van der Waals surface area contributed by atoms with Gasteiger partial charge in [0.2, 0.25) is 5.91 Å². The van der Waals surface area contributed by atoms with Gasteiger partial charge in [0.05, 0.1) is 12.1 Å². The largest absolute Gasteiger partial charge is 0.361 e. The van der Waals surface area contributed by atoms with Crippen molar-refractivity contribution in [3.05, 3.63) is 50.8 Å². The van der Waals surface area contributed by atoms with Crippen LogP contribution in [-0.2, 0) is 17.6 Å². The van der Waals surface area contributed by atoms with Gasteiger partial charge in [-0.15, -0.1) is 0 Å². The molecule has 4 nitrogen and oxygen atoms in total. The summed E-state index contributed by atoms with van der Waals surface area (Å²) < 4.78 is 5.06. The number of carbonyl (C=O) groups is 1. The van der Waals surface area contributed by atoms with E-state index in [9.17, 15) is 4.79 Å². The first kappa shape index (κ1) is 16.8. The predicted octanol–water partition coefficient (Wildman–Crippen LogP) is 3.89. The molecule has 2 aromatic rings. The summed E-state index contributed by atoms with van der Waals surface area (Å²) in [6, 6.07) is 5.34. The van der Waals surface area contributed by atoms with Gasteiger partial charge < -0.3 is 9.84 Å². The van der Waals surface area contributed by atoms with E-state index in [2.05, 4.69) is 10.5 Å². The molecule has 6 heteroatoms. The SMILES string of the molecule is Cc1noc(C)c1CC(=O)N[C@H](C)Cc1ccc(Cl)cc1Cl. The number of halogens is 2. The number of aryl methyl sites for hydroxylation is 2. The lowest BCUT2D eigenvalue weighted by atomic mass is 10.1. The molecule has 1 atom stereocenters. The molecule has 0 fully saturated rings. The molecule has 0 spiro atoms. The zero-order valence-electron chi connectivity index (χ0n) is 12.7. The number of carbonyl (C=O) groups excluding carboxylic acids is 1. The van der Waals surface area contributed by atoms with E-state index in [0.29, 0.717) is 22.2 Å². The summed E-state index contributed by atoms with van der Waals surface area (Å²) in [5.41, 5.74) is 2.55. The van der Waals surface area contributed by atoms with Crippen LogP contribution >= 0.6 is 23.2 Å². The van der Waals surface area contributed by atoms with E-state index in [1.807, 2.05) is 19.9 Å². The Morgan fingerprint density at radius 3 is 2.68 bits per heavy atom. The first-order valence-electron chi connectivity index (χ1n) is 7.02. The van der Waals surface area contributed by atoms with E-state index in [1.165, 1.54) is 0 Å². The summed E-state index contributed by atoms with van der Waals surface area (Å²) in [5, 5.41) is 8.03. The molecule has 118 valence electrons. The first-order chi connectivity index (χ1) is 10.4. The summed E-state index contributed by atoms with van der Waals surface area (Å²) in [5.74, 6) is 0.619. The van der Waals surface area contributed by atoms with Crippen molar-refractivity contribution in [3.8, 4) is 0 Å². The van der Waals surface area contributed by atoms with Gasteiger partial charge in [0, 0.05) is 21.7 Å². The summed E-state index contributed by atoms with van der Waals surface area (Å²) in [7, 11) is 0. The van der Waals surface area contributed by atoms with E-state index in [0.717, 1.165) is 16.8 Å². The van der Waals surface area contributed by atoms with Gasteiger partial charge in [0.25, 0.3) is 0 Å². The van der Waals surface area contributed by atoms with Gasteiger partial charge in [0.15, 0.2) is 0 Å². The van der Waals surface area contributed by atoms with Gasteiger partial charge in [-0.2, -0.15) is 0 Å². The van der Waals surface area contributed by atoms with Crippen LogP contribution in [0.5, 0.6) is 0 Å². The third-order valence-corrected chi connectivity index (χ3v) is 4.05. The van der Waals surface area contributed by atoms with Crippen LogP contribution < -0.4 is 5.32 Å². The molecule has 2 rings (SSSR count). The molecule has 0 saturated carbocycles. The highest BCUT2D eigenvalue weighted by molar-refractivity contribution is 6.35. The Hall–Kier alpha value is -1.52. The quantitative estimate of drug-likeness (QED) is 0.898. The molecule has 0 bridgehead atoms. The molecular weight excluding hydrogens is 323 g/mol. The number of hydrogen-bond acceptors (Lipinski definition) is 3. The third-order valence-electron chi connectivity index (χ3n) is 3.47. The fourth-order valence-electron chi connectivity index (χ4n) is 2.31.